The first-order valence-corrected chi connectivity index (χ1v) is 8.16. The highest BCUT2D eigenvalue weighted by Gasteiger charge is 2.42. The van der Waals surface area contributed by atoms with Gasteiger partial charge < -0.3 is 10.8 Å². The Morgan fingerprint density at radius 2 is 2.09 bits per heavy atom. The zero-order chi connectivity index (χ0) is 16.0. The molecule has 0 aliphatic heterocycles. The Labute approximate surface area is 132 Å². The number of nitrogens with two attached hydrogens (primary N) is 1. The number of benzene rings is 1. The first kappa shape index (κ1) is 16.6. The molecule has 118 valence electrons. The molecule has 3 N–H and O–H groups in total. The molecular weight excluding hydrogens is 274 g/mol. The van der Waals surface area contributed by atoms with Gasteiger partial charge in [0.25, 0.3) is 0 Å². The third-order valence-electron chi connectivity index (χ3n) is 4.50. The summed E-state index contributed by atoms with van der Waals surface area (Å²) in [5, 5.41) is 9.20. The van der Waals surface area contributed by atoms with E-state index < -0.39 is 11.5 Å². The molecule has 0 unspecified atom stereocenters. The van der Waals surface area contributed by atoms with Crippen molar-refractivity contribution in [3.05, 3.63) is 35.4 Å². The quantitative estimate of drug-likeness (QED) is 0.644. The predicted octanol–water partition coefficient (Wildman–Crippen LogP) is 3.67. The standard InChI is InChI=1S/C19H25NO2/c1-2-3-4-5-6-7-15-8-10-16(11-9-15)17-12-13-19(20,14-17)18(21)22/h8-11,17H,2-5,12-14,20H2,1H3,(H,21,22)/t17-,19+/m0/s1. The van der Waals surface area contributed by atoms with Gasteiger partial charge in [-0.25, -0.2) is 0 Å². The first-order chi connectivity index (χ1) is 10.5. The van der Waals surface area contributed by atoms with Crippen LogP contribution in [0.15, 0.2) is 24.3 Å². The largest absolute Gasteiger partial charge is 0.480 e. The minimum absolute atomic E-state index is 0.243. The summed E-state index contributed by atoms with van der Waals surface area (Å²) >= 11 is 0. The van der Waals surface area contributed by atoms with Gasteiger partial charge in [0.15, 0.2) is 0 Å². The van der Waals surface area contributed by atoms with E-state index in [1.807, 2.05) is 12.1 Å². The summed E-state index contributed by atoms with van der Waals surface area (Å²) in [6.45, 7) is 2.19. The van der Waals surface area contributed by atoms with Crippen LogP contribution in [0.1, 0.15) is 68.9 Å². The van der Waals surface area contributed by atoms with Crippen LogP contribution in [-0.4, -0.2) is 16.6 Å². The van der Waals surface area contributed by atoms with Crippen molar-refractivity contribution in [2.45, 2.75) is 63.3 Å². The van der Waals surface area contributed by atoms with E-state index in [0.717, 1.165) is 24.8 Å². The molecule has 0 spiro atoms. The number of rotatable bonds is 5. The molecule has 0 saturated heterocycles. The molecule has 3 nitrogen and oxygen atoms in total. The third kappa shape index (κ3) is 4.11. The zero-order valence-corrected chi connectivity index (χ0v) is 13.3. The molecule has 0 radical (unpaired) electrons. The second-order valence-corrected chi connectivity index (χ2v) is 6.28. The van der Waals surface area contributed by atoms with Gasteiger partial charge in [0.2, 0.25) is 0 Å². The smallest absolute Gasteiger partial charge is 0.323 e. The number of aliphatic carboxylic acids is 1. The second-order valence-electron chi connectivity index (χ2n) is 6.28. The van der Waals surface area contributed by atoms with Crippen molar-refractivity contribution >= 4 is 5.97 Å². The molecule has 1 aromatic rings. The highest BCUT2D eigenvalue weighted by Crippen LogP contribution is 2.39. The monoisotopic (exact) mass is 299 g/mol. The van der Waals surface area contributed by atoms with Gasteiger partial charge in [-0.1, -0.05) is 43.7 Å². The summed E-state index contributed by atoms with van der Waals surface area (Å²) in [7, 11) is 0. The van der Waals surface area contributed by atoms with Crippen molar-refractivity contribution in [3.63, 3.8) is 0 Å². The molecule has 1 aromatic carbocycles. The van der Waals surface area contributed by atoms with E-state index in [1.165, 1.54) is 18.4 Å². The van der Waals surface area contributed by atoms with Gasteiger partial charge in [0, 0.05) is 12.0 Å². The minimum Gasteiger partial charge on any atom is -0.480 e. The van der Waals surface area contributed by atoms with E-state index in [1.54, 1.807) is 0 Å². The topological polar surface area (TPSA) is 63.3 Å². The maximum atomic E-state index is 11.2. The SMILES string of the molecule is CCCCCC#Cc1ccc([C@H]2CC[C@](N)(C(=O)O)C2)cc1. The molecule has 2 atom stereocenters. The predicted molar refractivity (Wildman–Crippen MR) is 88.6 cm³/mol. The summed E-state index contributed by atoms with van der Waals surface area (Å²) < 4.78 is 0. The van der Waals surface area contributed by atoms with Gasteiger partial charge in [-0.15, -0.1) is 0 Å². The maximum absolute atomic E-state index is 11.2. The molecule has 1 saturated carbocycles. The highest BCUT2D eigenvalue weighted by molar-refractivity contribution is 5.79. The Kier molecular flexibility index (Phi) is 5.63. The van der Waals surface area contributed by atoms with Gasteiger partial charge in [-0.2, -0.15) is 0 Å². The average Bonchev–Trinajstić information content (AvgIpc) is 2.92. The van der Waals surface area contributed by atoms with Gasteiger partial charge in [0.1, 0.15) is 5.54 Å². The minimum atomic E-state index is -1.05. The Morgan fingerprint density at radius 1 is 1.36 bits per heavy atom. The molecule has 0 amide bonds. The zero-order valence-electron chi connectivity index (χ0n) is 13.3. The molecule has 0 aromatic heterocycles. The van der Waals surface area contributed by atoms with Gasteiger partial charge >= 0.3 is 5.97 Å². The van der Waals surface area contributed by atoms with Crippen LogP contribution >= 0.6 is 0 Å². The fourth-order valence-electron chi connectivity index (χ4n) is 3.02. The molecule has 1 aliphatic carbocycles. The molecular formula is C19H25NO2. The fourth-order valence-corrected chi connectivity index (χ4v) is 3.02. The Morgan fingerprint density at radius 3 is 2.68 bits per heavy atom. The van der Waals surface area contributed by atoms with Crippen molar-refractivity contribution in [3.8, 4) is 11.8 Å². The number of hydrogen-bond donors (Lipinski definition) is 2. The number of unbranched alkanes of at least 4 members (excludes halogenated alkanes) is 3. The van der Waals surface area contributed by atoms with Crippen LogP contribution in [0.5, 0.6) is 0 Å². The number of carboxylic acids is 1. The summed E-state index contributed by atoms with van der Waals surface area (Å²) in [5.74, 6) is 5.75. The second kappa shape index (κ2) is 7.47. The normalized spacial score (nSPS) is 23.8. The lowest BCUT2D eigenvalue weighted by molar-refractivity contribution is -0.143. The molecule has 1 fully saturated rings. The Bertz CT molecular complexity index is 567. The lowest BCUT2D eigenvalue weighted by atomic mass is 9.93. The number of carbonyl (C=O) groups is 1. The molecule has 2 rings (SSSR count). The highest BCUT2D eigenvalue weighted by atomic mass is 16.4. The number of carboxylic acid groups (broad SMARTS) is 1. The van der Waals surface area contributed by atoms with Crippen molar-refractivity contribution in [1.29, 1.82) is 0 Å². The summed E-state index contributed by atoms with van der Waals surface area (Å²) in [5.41, 5.74) is 7.09. The molecule has 1 aliphatic rings. The van der Waals surface area contributed by atoms with E-state index in [0.29, 0.717) is 12.8 Å². The Balaban J connectivity index is 1.94. The van der Waals surface area contributed by atoms with E-state index in [2.05, 4.69) is 30.9 Å². The number of hydrogen-bond acceptors (Lipinski definition) is 2. The molecule has 0 bridgehead atoms. The summed E-state index contributed by atoms with van der Waals surface area (Å²) in [4.78, 5) is 11.2. The van der Waals surface area contributed by atoms with Crippen LogP contribution in [0.25, 0.3) is 0 Å². The van der Waals surface area contributed by atoms with Crippen molar-refractivity contribution < 1.29 is 9.90 Å². The van der Waals surface area contributed by atoms with Crippen LogP contribution in [0.4, 0.5) is 0 Å². The molecule has 3 heteroatoms. The Hall–Kier alpha value is -1.79. The van der Waals surface area contributed by atoms with E-state index in [-0.39, 0.29) is 5.92 Å². The van der Waals surface area contributed by atoms with Crippen molar-refractivity contribution in [1.82, 2.24) is 0 Å². The van der Waals surface area contributed by atoms with E-state index >= 15 is 0 Å². The van der Waals surface area contributed by atoms with Crippen LogP contribution in [0.2, 0.25) is 0 Å². The van der Waals surface area contributed by atoms with Crippen LogP contribution in [-0.2, 0) is 4.79 Å². The first-order valence-electron chi connectivity index (χ1n) is 8.16. The van der Waals surface area contributed by atoms with Gasteiger partial charge in [0.05, 0.1) is 0 Å². The van der Waals surface area contributed by atoms with Gasteiger partial charge in [-0.05, 0) is 49.3 Å². The van der Waals surface area contributed by atoms with Crippen LogP contribution < -0.4 is 5.73 Å². The van der Waals surface area contributed by atoms with E-state index in [4.69, 9.17) is 5.73 Å². The van der Waals surface area contributed by atoms with Gasteiger partial charge in [-0.3, -0.25) is 4.79 Å². The van der Waals surface area contributed by atoms with E-state index in [9.17, 15) is 9.90 Å². The summed E-state index contributed by atoms with van der Waals surface area (Å²) in [6.07, 6.45) is 6.47. The lowest BCUT2D eigenvalue weighted by Crippen LogP contribution is -2.45. The molecule has 0 heterocycles. The summed E-state index contributed by atoms with van der Waals surface area (Å²) in [6, 6.07) is 8.18. The van der Waals surface area contributed by atoms with Crippen LogP contribution in [0, 0.1) is 11.8 Å². The maximum Gasteiger partial charge on any atom is 0.323 e. The average molecular weight is 299 g/mol. The third-order valence-corrected chi connectivity index (χ3v) is 4.50. The van der Waals surface area contributed by atoms with Crippen LogP contribution in [0.3, 0.4) is 0 Å². The lowest BCUT2D eigenvalue weighted by Gasteiger charge is -2.18. The fraction of sp³-hybridized carbons (Fsp3) is 0.526. The van der Waals surface area contributed by atoms with Crippen molar-refractivity contribution in [2.24, 2.45) is 5.73 Å². The molecule has 22 heavy (non-hydrogen) atoms. The van der Waals surface area contributed by atoms with Crippen molar-refractivity contribution in [2.75, 3.05) is 0 Å².